The standard InChI is InChI=1S/C33H32Cl2FN3O4S.C32H30Cl2N2O4S/c34-23-10-8-22(9-11-23)27-28(43-19-3-18-40)30(44-29(27)25-4-1-2-5-26(25)35)31(41)39-16-14-33(15-17-39,32(37)42)38-20-21-6-12-24(36)13-7-21;33-23-13-11-21(12-14-23)26-27(40-20-6-19-37)29(41-28(26)24-9-4-5-10-25(24)34)30(38)36-17-15-32(16-18-36,31(35)39)22-7-2-1-3-8-22/h1-2,4-13,38,40H,3,14-20H2,(H2,37,42);1-5,7-14,37H,6,15-20H2,(H2,35,39). The van der Waals surface area contributed by atoms with E-state index in [1.54, 1.807) is 52.3 Å². The summed E-state index contributed by atoms with van der Waals surface area (Å²) in [4.78, 5) is 59.6. The van der Waals surface area contributed by atoms with Crippen molar-refractivity contribution in [3.63, 3.8) is 0 Å². The van der Waals surface area contributed by atoms with Crippen molar-refractivity contribution in [2.24, 2.45) is 11.5 Å². The Morgan fingerprint density at radius 1 is 0.553 bits per heavy atom. The van der Waals surface area contributed by atoms with E-state index in [2.05, 4.69) is 5.32 Å². The Balaban J connectivity index is 0.000000204. The van der Waals surface area contributed by atoms with E-state index in [0.29, 0.717) is 105 Å². The van der Waals surface area contributed by atoms with Crippen molar-refractivity contribution < 1.29 is 43.3 Å². The molecule has 2 saturated heterocycles. The van der Waals surface area contributed by atoms with Crippen LogP contribution in [0.4, 0.5) is 4.39 Å². The largest absolute Gasteiger partial charge is 0.491 e. The molecule has 4 amide bonds. The molecular weight excluding hydrogens is 1200 g/mol. The Bertz CT molecular complexity index is 3630. The van der Waals surface area contributed by atoms with E-state index in [9.17, 15) is 33.8 Å². The smallest absolute Gasteiger partial charge is 0.267 e. The number of thiophene rings is 2. The van der Waals surface area contributed by atoms with E-state index in [1.165, 1.54) is 34.8 Å². The van der Waals surface area contributed by atoms with E-state index in [0.717, 1.165) is 48.7 Å². The Morgan fingerprint density at radius 2 is 0.976 bits per heavy atom. The van der Waals surface area contributed by atoms with Gasteiger partial charge in [-0.15, -0.1) is 22.7 Å². The number of halogens is 5. The lowest BCUT2D eigenvalue weighted by Gasteiger charge is -2.40. The summed E-state index contributed by atoms with van der Waals surface area (Å²) >= 11 is 28.3. The molecule has 20 heteroatoms. The summed E-state index contributed by atoms with van der Waals surface area (Å²) in [6, 6.07) is 45.1. The molecule has 442 valence electrons. The zero-order valence-electron chi connectivity index (χ0n) is 46.1. The van der Waals surface area contributed by atoms with Crippen molar-refractivity contribution in [1.82, 2.24) is 15.1 Å². The monoisotopic (exact) mass is 1260 g/mol. The number of hydrogen-bond donors (Lipinski definition) is 5. The maximum atomic E-state index is 14.2. The molecule has 2 aliphatic rings. The highest BCUT2D eigenvalue weighted by molar-refractivity contribution is 7.19. The fourth-order valence-electron chi connectivity index (χ4n) is 10.6. The fraction of sp³-hybridized carbons (Fsp3) is 0.262. The van der Waals surface area contributed by atoms with Crippen LogP contribution < -0.4 is 26.3 Å². The molecule has 0 bridgehead atoms. The lowest BCUT2D eigenvalue weighted by Crippen LogP contribution is -2.61. The van der Waals surface area contributed by atoms with Gasteiger partial charge >= 0.3 is 0 Å². The van der Waals surface area contributed by atoms with Gasteiger partial charge in [0.2, 0.25) is 11.8 Å². The zero-order valence-corrected chi connectivity index (χ0v) is 50.8. The predicted molar refractivity (Wildman–Crippen MR) is 338 cm³/mol. The molecule has 13 nitrogen and oxygen atoms in total. The highest BCUT2D eigenvalue weighted by Crippen LogP contribution is 2.52. The summed E-state index contributed by atoms with van der Waals surface area (Å²) in [6.45, 7) is 1.95. The van der Waals surface area contributed by atoms with Crippen molar-refractivity contribution in [2.75, 3.05) is 52.6 Å². The summed E-state index contributed by atoms with van der Waals surface area (Å²) < 4.78 is 25.8. The molecule has 0 atom stereocenters. The molecule has 0 unspecified atom stereocenters. The molecule has 4 heterocycles. The first-order chi connectivity index (χ1) is 41.1. The van der Waals surface area contributed by atoms with Gasteiger partial charge in [0.25, 0.3) is 11.8 Å². The first-order valence-corrected chi connectivity index (χ1v) is 30.8. The number of nitrogens with one attached hydrogen (secondary N) is 1. The van der Waals surface area contributed by atoms with Crippen LogP contribution in [0.5, 0.6) is 11.5 Å². The number of likely N-dealkylation sites (tertiary alicyclic amines) is 2. The number of rotatable bonds is 20. The Morgan fingerprint density at radius 3 is 1.39 bits per heavy atom. The summed E-state index contributed by atoms with van der Waals surface area (Å²) in [6.07, 6.45) is 2.26. The lowest BCUT2D eigenvalue weighted by molar-refractivity contribution is -0.126. The van der Waals surface area contributed by atoms with Crippen LogP contribution in [0.2, 0.25) is 20.1 Å². The van der Waals surface area contributed by atoms with Crippen LogP contribution in [0.1, 0.15) is 69.0 Å². The van der Waals surface area contributed by atoms with Crippen LogP contribution in [0.3, 0.4) is 0 Å². The molecule has 85 heavy (non-hydrogen) atoms. The van der Waals surface area contributed by atoms with E-state index < -0.39 is 16.9 Å². The minimum Gasteiger partial charge on any atom is -0.491 e. The normalized spacial score (nSPS) is 14.5. The summed E-state index contributed by atoms with van der Waals surface area (Å²) in [5.41, 5.74) is 16.3. The second-order valence-corrected chi connectivity index (χ2v) is 24.3. The molecule has 2 fully saturated rings. The number of nitrogens with zero attached hydrogens (tertiary/aromatic N) is 2. The number of aliphatic hydroxyl groups is 2. The molecule has 0 radical (unpaired) electrons. The van der Waals surface area contributed by atoms with Gasteiger partial charge in [0.1, 0.15) is 21.1 Å². The van der Waals surface area contributed by atoms with Gasteiger partial charge < -0.3 is 41.0 Å². The van der Waals surface area contributed by atoms with Crippen LogP contribution >= 0.6 is 69.1 Å². The molecule has 2 aliphatic heterocycles. The van der Waals surface area contributed by atoms with E-state index >= 15 is 0 Å². The molecule has 6 aromatic carbocycles. The first-order valence-electron chi connectivity index (χ1n) is 27.6. The number of benzene rings is 6. The van der Waals surface area contributed by atoms with Gasteiger partial charge in [-0.2, -0.15) is 0 Å². The predicted octanol–water partition coefficient (Wildman–Crippen LogP) is 13.3. The van der Waals surface area contributed by atoms with E-state index in [1.807, 2.05) is 97.1 Å². The molecule has 10 rings (SSSR count). The van der Waals surface area contributed by atoms with E-state index in [-0.39, 0.29) is 63.1 Å². The molecular formula is C65H62Cl4FN5O8S2. The first kappa shape index (κ1) is 62.7. The number of ether oxygens (including phenoxy) is 2. The number of amides is 4. The van der Waals surface area contributed by atoms with Gasteiger partial charge in [0.05, 0.1) is 18.6 Å². The van der Waals surface area contributed by atoms with Gasteiger partial charge in [0, 0.05) is 111 Å². The third-order valence-corrected chi connectivity index (χ3v) is 18.9. The highest BCUT2D eigenvalue weighted by atomic mass is 35.5. The van der Waals surface area contributed by atoms with Crippen molar-refractivity contribution >= 4 is 92.7 Å². The second kappa shape index (κ2) is 28.6. The molecule has 0 aliphatic carbocycles. The number of carbonyl (C=O) groups excluding carboxylic acids is 4. The van der Waals surface area contributed by atoms with Crippen molar-refractivity contribution in [2.45, 2.75) is 56.0 Å². The van der Waals surface area contributed by atoms with Crippen LogP contribution in [0, 0.1) is 5.82 Å². The van der Waals surface area contributed by atoms with Crippen molar-refractivity contribution in [1.29, 1.82) is 0 Å². The third kappa shape index (κ3) is 14.2. The molecule has 8 aromatic rings. The van der Waals surface area contributed by atoms with Crippen LogP contribution in [0.25, 0.3) is 43.1 Å². The average molecular weight is 1270 g/mol. The second-order valence-electron chi connectivity index (χ2n) is 20.6. The summed E-state index contributed by atoms with van der Waals surface area (Å²) in [5, 5.41) is 24.4. The van der Waals surface area contributed by atoms with Gasteiger partial charge in [0.15, 0.2) is 11.5 Å². The quantitative estimate of drug-likeness (QED) is 0.0461. The van der Waals surface area contributed by atoms with Crippen molar-refractivity contribution in [3.05, 3.63) is 198 Å². The highest BCUT2D eigenvalue weighted by Gasteiger charge is 2.44. The Kier molecular flexibility index (Phi) is 21.1. The number of aliphatic hydroxyl groups excluding tert-OH is 2. The number of hydrogen-bond acceptors (Lipinski definition) is 11. The van der Waals surface area contributed by atoms with Crippen LogP contribution in [0.15, 0.2) is 152 Å². The summed E-state index contributed by atoms with van der Waals surface area (Å²) in [7, 11) is 0. The third-order valence-electron chi connectivity index (χ3n) is 15.3. The number of nitrogens with two attached hydrogens (primary N) is 2. The Labute approximate surface area is 520 Å². The topological polar surface area (TPSA) is 198 Å². The SMILES string of the molecule is NC(=O)C1(NCc2ccc(F)cc2)CCN(C(=O)c2sc(-c3ccccc3Cl)c(-c3ccc(Cl)cc3)c2OCCCO)CC1.NC(=O)C1(c2ccccc2)CCN(C(=O)c2sc(-c3ccccc3Cl)c(-c3ccc(Cl)cc3)c2OCCCO)CC1. The van der Waals surface area contributed by atoms with E-state index in [4.69, 9.17) is 67.3 Å². The number of primary amides is 2. The van der Waals surface area contributed by atoms with Gasteiger partial charge in [-0.05, 0) is 96.5 Å². The fourth-order valence-corrected chi connectivity index (χ4v) is 14.0. The molecule has 7 N–H and O–H groups in total. The molecule has 0 saturated carbocycles. The minimum atomic E-state index is -1.02. The summed E-state index contributed by atoms with van der Waals surface area (Å²) in [5.74, 6) is -0.789. The number of piperidine rings is 2. The van der Waals surface area contributed by atoms with Gasteiger partial charge in [-0.3, -0.25) is 24.5 Å². The Hall–Kier alpha value is -6.83. The number of carbonyl (C=O) groups is 4. The minimum absolute atomic E-state index is 0.0398. The average Bonchev–Trinajstić information content (AvgIpc) is 1.98. The van der Waals surface area contributed by atoms with Gasteiger partial charge in [-0.25, -0.2) is 4.39 Å². The van der Waals surface area contributed by atoms with Gasteiger partial charge in [-0.1, -0.05) is 150 Å². The maximum absolute atomic E-state index is 14.2. The maximum Gasteiger partial charge on any atom is 0.267 e. The molecule has 0 spiro atoms. The molecule has 2 aromatic heterocycles. The van der Waals surface area contributed by atoms with Crippen molar-refractivity contribution in [3.8, 4) is 54.6 Å². The lowest BCUT2D eigenvalue weighted by atomic mass is 9.72. The zero-order chi connectivity index (χ0) is 60.3. The van der Waals surface area contributed by atoms with Crippen LogP contribution in [-0.2, 0) is 21.5 Å². The van der Waals surface area contributed by atoms with Crippen LogP contribution in [-0.4, -0.2) is 102 Å².